The normalized spacial score (nSPS) is 10.0. The lowest BCUT2D eigenvalue weighted by molar-refractivity contribution is 0.0988. The topological polar surface area (TPSA) is 64.6 Å². The molecule has 0 spiro atoms. The van der Waals surface area contributed by atoms with E-state index in [1.165, 1.54) is 20.3 Å². The first-order valence-corrected chi connectivity index (χ1v) is 5.55. The fourth-order valence-electron chi connectivity index (χ4n) is 1.60. The van der Waals surface area contributed by atoms with E-state index in [0.717, 1.165) is 0 Å². The Morgan fingerprint density at radius 1 is 1.39 bits per heavy atom. The molecule has 0 unspecified atom stereocenters. The van der Waals surface area contributed by atoms with Gasteiger partial charge in [-0.1, -0.05) is 11.6 Å². The maximum Gasteiger partial charge on any atom is 0.180 e. The van der Waals surface area contributed by atoms with Crippen LogP contribution in [0.25, 0.3) is 0 Å². The third-order valence-corrected chi connectivity index (χ3v) is 2.70. The van der Waals surface area contributed by atoms with Crippen molar-refractivity contribution < 1.29 is 19.1 Å². The molecule has 1 rings (SSSR count). The van der Waals surface area contributed by atoms with E-state index < -0.39 is 0 Å². The highest BCUT2D eigenvalue weighted by Crippen LogP contribution is 2.38. The molecule has 1 aromatic rings. The first-order valence-electron chi connectivity index (χ1n) is 5.18. The van der Waals surface area contributed by atoms with Crippen molar-refractivity contribution in [3.63, 3.8) is 0 Å². The van der Waals surface area contributed by atoms with Gasteiger partial charge in [-0.05, 0) is 13.1 Å². The van der Waals surface area contributed by atoms with E-state index in [0.29, 0.717) is 6.29 Å². The number of methoxy groups -OCH3 is 2. The largest absolute Gasteiger partial charge is 0.492 e. The number of ether oxygens (including phenoxy) is 2. The second-order valence-corrected chi connectivity index (χ2v) is 3.86. The lowest BCUT2D eigenvalue weighted by Crippen LogP contribution is -2.19. The van der Waals surface area contributed by atoms with Gasteiger partial charge in [-0.2, -0.15) is 0 Å². The second-order valence-electron chi connectivity index (χ2n) is 3.46. The van der Waals surface area contributed by atoms with Gasteiger partial charge < -0.3 is 14.8 Å². The monoisotopic (exact) mass is 271 g/mol. The minimum absolute atomic E-state index is 0.135. The van der Waals surface area contributed by atoms with E-state index in [2.05, 4.69) is 5.32 Å². The van der Waals surface area contributed by atoms with E-state index in [4.69, 9.17) is 21.1 Å². The maximum atomic E-state index is 11.9. The number of carbonyl (C=O) groups is 2. The summed E-state index contributed by atoms with van der Waals surface area (Å²) < 4.78 is 10.2. The Morgan fingerprint density at radius 3 is 2.44 bits per heavy atom. The summed E-state index contributed by atoms with van der Waals surface area (Å²) in [7, 11) is 4.44. The zero-order valence-electron chi connectivity index (χ0n) is 10.4. The first kappa shape index (κ1) is 14.5. The highest BCUT2D eigenvalue weighted by atomic mass is 35.5. The predicted octanol–water partition coefficient (Wildman–Crippen LogP) is 1.57. The molecule has 0 aromatic heterocycles. The van der Waals surface area contributed by atoms with Crippen LogP contribution in [0.3, 0.4) is 0 Å². The van der Waals surface area contributed by atoms with E-state index in [1.54, 1.807) is 7.05 Å². The summed E-state index contributed by atoms with van der Waals surface area (Å²) >= 11 is 5.95. The summed E-state index contributed by atoms with van der Waals surface area (Å²) in [5.41, 5.74) is 0.441. The molecule has 0 bridgehead atoms. The van der Waals surface area contributed by atoms with Crippen molar-refractivity contribution in [2.45, 2.75) is 0 Å². The minimum atomic E-state index is -0.202. The number of carbonyl (C=O) groups excluding carboxylic acids is 2. The van der Waals surface area contributed by atoms with E-state index >= 15 is 0 Å². The predicted molar refractivity (Wildman–Crippen MR) is 68.2 cm³/mol. The van der Waals surface area contributed by atoms with Gasteiger partial charge in [-0.3, -0.25) is 9.59 Å². The molecular weight excluding hydrogens is 258 g/mol. The van der Waals surface area contributed by atoms with Gasteiger partial charge in [0.25, 0.3) is 0 Å². The number of likely N-dealkylation sites (N-methyl/N-ethyl adjacent to an activating group) is 1. The Kier molecular flexibility index (Phi) is 5.12. The number of aldehydes is 1. The number of benzene rings is 1. The van der Waals surface area contributed by atoms with Gasteiger partial charge in [0.1, 0.15) is 0 Å². The van der Waals surface area contributed by atoms with Gasteiger partial charge in [0.15, 0.2) is 23.6 Å². The highest BCUT2D eigenvalue weighted by Gasteiger charge is 2.22. The molecule has 0 aliphatic carbocycles. The Balaban J connectivity index is 3.48. The van der Waals surface area contributed by atoms with Crippen LogP contribution in [0.5, 0.6) is 11.5 Å². The molecule has 0 saturated carbocycles. The summed E-state index contributed by atoms with van der Waals surface area (Å²) in [5, 5.41) is 2.90. The van der Waals surface area contributed by atoms with Gasteiger partial charge in [0.05, 0.1) is 36.9 Å². The van der Waals surface area contributed by atoms with Gasteiger partial charge in [0.2, 0.25) is 0 Å². The Bertz CT molecular complexity index is 474. The van der Waals surface area contributed by atoms with Crippen molar-refractivity contribution in [1.29, 1.82) is 0 Å². The third-order valence-electron chi connectivity index (χ3n) is 2.39. The Morgan fingerprint density at radius 2 is 2.00 bits per heavy atom. The number of rotatable bonds is 6. The van der Waals surface area contributed by atoms with Gasteiger partial charge in [-0.25, -0.2) is 0 Å². The highest BCUT2D eigenvalue weighted by molar-refractivity contribution is 6.34. The molecule has 1 N–H and O–H groups in total. The molecule has 0 heterocycles. The van der Waals surface area contributed by atoms with Crippen LogP contribution in [-0.2, 0) is 0 Å². The maximum absolute atomic E-state index is 11.9. The Hall–Kier alpha value is -1.59. The fourth-order valence-corrected chi connectivity index (χ4v) is 1.84. The van der Waals surface area contributed by atoms with Crippen LogP contribution >= 0.6 is 11.6 Å². The zero-order valence-corrected chi connectivity index (χ0v) is 11.1. The van der Waals surface area contributed by atoms with Gasteiger partial charge in [0, 0.05) is 0 Å². The lowest BCUT2D eigenvalue weighted by Gasteiger charge is -2.15. The van der Waals surface area contributed by atoms with Crippen LogP contribution in [0.4, 0.5) is 0 Å². The van der Waals surface area contributed by atoms with E-state index in [9.17, 15) is 9.59 Å². The van der Waals surface area contributed by atoms with Crippen LogP contribution in [0.1, 0.15) is 20.7 Å². The van der Waals surface area contributed by atoms with Crippen molar-refractivity contribution in [3.8, 4) is 11.5 Å². The number of Topliss-reactive ketones (excluding diaryl/α,β-unsaturated/α-hetero) is 1. The molecule has 0 aliphatic rings. The summed E-state index contributed by atoms with van der Waals surface area (Å²) in [4.78, 5) is 22.9. The molecule has 0 atom stereocenters. The number of hydrogen-bond acceptors (Lipinski definition) is 5. The molecule has 0 fully saturated rings. The first-order chi connectivity index (χ1) is 8.60. The molecule has 0 aliphatic heterocycles. The summed E-state index contributed by atoms with van der Waals surface area (Å²) in [5.74, 6) is 0.177. The zero-order chi connectivity index (χ0) is 13.7. The van der Waals surface area contributed by atoms with Crippen molar-refractivity contribution >= 4 is 23.7 Å². The molecule has 5 nitrogen and oxygen atoms in total. The minimum Gasteiger partial charge on any atom is -0.492 e. The van der Waals surface area contributed by atoms with Crippen molar-refractivity contribution in [2.24, 2.45) is 0 Å². The second kappa shape index (κ2) is 6.37. The van der Waals surface area contributed by atoms with Crippen molar-refractivity contribution in [3.05, 3.63) is 22.2 Å². The molecule has 1 aromatic carbocycles. The molecular formula is C12H14ClNO4. The van der Waals surface area contributed by atoms with Crippen LogP contribution < -0.4 is 14.8 Å². The summed E-state index contributed by atoms with van der Waals surface area (Å²) in [6.07, 6.45) is 0.565. The standard InChI is InChI=1S/C12H14ClNO4/c1-14-5-10(16)7-4-9(13)8(6-15)12(18-3)11(7)17-2/h4,6,14H,5H2,1-3H3. The number of nitrogens with one attached hydrogen (secondary N) is 1. The third kappa shape index (κ3) is 2.63. The molecule has 0 radical (unpaired) electrons. The van der Waals surface area contributed by atoms with Gasteiger partial charge >= 0.3 is 0 Å². The van der Waals surface area contributed by atoms with Crippen LogP contribution in [0.2, 0.25) is 5.02 Å². The fraction of sp³-hybridized carbons (Fsp3) is 0.333. The number of ketones is 1. The van der Waals surface area contributed by atoms with Crippen LogP contribution in [-0.4, -0.2) is 39.9 Å². The average molecular weight is 272 g/mol. The van der Waals surface area contributed by atoms with Crippen molar-refractivity contribution in [1.82, 2.24) is 5.32 Å². The smallest absolute Gasteiger partial charge is 0.180 e. The lowest BCUT2D eigenvalue weighted by atomic mass is 10.1. The SMILES string of the molecule is CNCC(=O)c1cc(Cl)c(C=O)c(OC)c1OC. The molecule has 0 saturated heterocycles. The summed E-state index contributed by atoms with van der Waals surface area (Å²) in [6.45, 7) is 0.135. The van der Waals surface area contributed by atoms with Crippen LogP contribution in [0.15, 0.2) is 6.07 Å². The van der Waals surface area contributed by atoms with E-state index in [-0.39, 0.29) is 40.0 Å². The van der Waals surface area contributed by atoms with Gasteiger partial charge in [-0.15, -0.1) is 0 Å². The Labute approximate surface area is 110 Å². The number of hydrogen-bond donors (Lipinski definition) is 1. The molecule has 6 heteroatoms. The number of halogens is 1. The molecule has 98 valence electrons. The van der Waals surface area contributed by atoms with Crippen LogP contribution in [0, 0.1) is 0 Å². The quantitative estimate of drug-likeness (QED) is 0.628. The van der Waals surface area contributed by atoms with Crippen molar-refractivity contribution in [2.75, 3.05) is 27.8 Å². The summed E-state index contributed by atoms with van der Waals surface area (Å²) in [6, 6.07) is 1.41. The average Bonchev–Trinajstić information content (AvgIpc) is 2.37. The molecule has 18 heavy (non-hydrogen) atoms. The molecule has 0 amide bonds. The van der Waals surface area contributed by atoms with E-state index in [1.807, 2.05) is 0 Å².